The van der Waals surface area contributed by atoms with Gasteiger partial charge in [-0.1, -0.05) is 12.1 Å². The number of guanidine groups is 1. The zero-order valence-electron chi connectivity index (χ0n) is 18.4. The number of carboxylic acid groups (broad SMARTS) is 1. The van der Waals surface area contributed by atoms with Gasteiger partial charge in [-0.3, -0.25) is 14.6 Å². The molecule has 33 heavy (non-hydrogen) atoms. The van der Waals surface area contributed by atoms with Crippen molar-refractivity contribution < 1.29 is 34.1 Å². The van der Waals surface area contributed by atoms with Crippen molar-refractivity contribution in [2.45, 2.75) is 50.5 Å². The molecule has 1 aromatic carbocycles. The number of carboxylic acids is 1. The van der Waals surface area contributed by atoms with Crippen LogP contribution in [0.4, 0.5) is 0 Å². The lowest BCUT2D eigenvalue weighted by atomic mass is 10.0. The number of nitrogens with two attached hydrogens (primary N) is 2. The summed E-state index contributed by atoms with van der Waals surface area (Å²) in [5.74, 6) is -1.82. The third-order valence-electron chi connectivity index (χ3n) is 4.99. The molecule has 0 saturated carbocycles. The van der Waals surface area contributed by atoms with E-state index in [2.05, 4.69) is 15.6 Å². The number of amides is 1. The van der Waals surface area contributed by atoms with Crippen molar-refractivity contribution in [2.24, 2.45) is 16.5 Å². The van der Waals surface area contributed by atoms with Crippen molar-refractivity contribution in [3.05, 3.63) is 29.8 Å². The van der Waals surface area contributed by atoms with Crippen molar-refractivity contribution in [1.29, 1.82) is 0 Å². The Bertz CT molecular complexity index is 842. The highest BCUT2D eigenvalue weighted by Gasteiger charge is 2.37. The van der Waals surface area contributed by atoms with Crippen LogP contribution in [0.5, 0.6) is 5.75 Å². The minimum absolute atomic E-state index is 0.0772. The van der Waals surface area contributed by atoms with E-state index >= 15 is 0 Å². The number of nitrogens with one attached hydrogen (secondary N) is 2. The second-order valence-electron chi connectivity index (χ2n) is 7.70. The van der Waals surface area contributed by atoms with Gasteiger partial charge in [0.15, 0.2) is 12.6 Å². The predicted octanol–water partition coefficient (Wildman–Crippen LogP) is -1.50. The molecule has 0 spiro atoms. The second-order valence-corrected chi connectivity index (χ2v) is 7.70. The lowest BCUT2D eigenvalue weighted by molar-refractivity contribution is -0.151. The van der Waals surface area contributed by atoms with E-state index in [0.717, 1.165) is 5.56 Å². The Morgan fingerprint density at radius 3 is 2.58 bits per heavy atom. The first kappa shape index (κ1) is 25.9. The number of aliphatic hydroxyl groups is 1. The Kier molecular flexibility index (Phi) is 9.88. The summed E-state index contributed by atoms with van der Waals surface area (Å²) in [6.45, 7) is 1.56. The number of β-amino-alcohol motifs (C(OH)–C–C–N with tert-alkyl or cyclic N) is 1. The van der Waals surface area contributed by atoms with E-state index in [-0.39, 0.29) is 31.6 Å². The molecule has 0 unspecified atom stereocenters. The van der Waals surface area contributed by atoms with Gasteiger partial charge in [-0.05, 0) is 37.0 Å². The lowest BCUT2D eigenvalue weighted by Gasteiger charge is -2.21. The molecule has 1 aliphatic heterocycles. The van der Waals surface area contributed by atoms with Crippen molar-refractivity contribution in [3.8, 4) is 5.75 Å². The number of rotatable bonds is 12. The summed E-state index contributed by atoms with van der Waals surface area (Å²) in [4.78, 5) is 38.4. The monoisotopic (exact) mass is 465 g/mol. The highest BCUT2D eigenvalue weighted by atomic mass is 16.6. The molecule has 1 amide bonds. The molecule has 1 heterocycles. The van der Waals surface area contributed by atoms with Crippen LogP contribution in [0.15, 0.2) is 29.3 Å². The number of nitrogens with zero attached hydrogens (tertiary/aromatic N) is 1. The van der Waals surface area contributed by atoms with Crippen LogP contribution in [0, 0.1) is 0 Å². The predicted molar refractivity (Wildman–Crippen MR) is 118 cm³/mol. The van der Waals surface area contributed by atoms with Gasteiger partial charge in [-0.2, -0.15) is 0 Å². The van der Waals surface area contributed by atoms with Gasteiger partial charge in [0.1, 0.15) is 24.0 Å². The van der Waals surface area contributed by atoms with Gasteiger partial charge in [-0.25, -0.2) is 4.79 Å². The van der Waals surface area contributed by atoms with E-state index in [0.29, 0.717) is 25.1 Å². The van der Waals surface area contributed by atoms with Crippen LogP contribution in [-0.2, 0) is 25.5 Å². The molecule has 2 rings (SSSR count). The molecule has 0 aromatic heterocycles. The van der Waals surface area contributed by atoms with Gasteiger partial charge in [0.05, 0.1) is 6.04 Å². The van der Waals surface area contributed by atoms with Crippen LogP contribution in [0.25, 0.3) is 0 Å². The smallest absolute Gasteiger partial charge is 0.326 e. The summed E-state index contributed by atoms with van der Waals surface area (Å²) in [5, 5.41) is 24.8. The summed E-state index contributed by atoms with van der Waals surface area (Å²) in [6, 6.07) is 5.67. The average molecular weight is 466 g/mol. The molecular formula is C21H31N5O7. The molecule has 8 N–H and O–H groups in total. The molecule has 12 nitrogen and oxygen atoms in total. The van der Waals surface area contributed by atoms with Gasteiger partial charge in [-0.15, -0.1) is 0 Å². The van der Waals surface area contributed by atoms with Crippen molar-refractivity contribution in [2.75, 3.05) is 19.7 Å². The second kappa shape index (κ2) is 12.6. The number of aliphatic hydroxyl groups excluding tert-OH is 1. The van der Waals surface area contributed by atoms with Crippen LogP contribution in [0.3, 0.4) is 0 Å². The van der Waals surface area contributed by atoms with Crippen LogP contribution in [0.1, 0.15) is 25.3 Å². The van der Waals surface area contributed by atoms with E-state index in [1.54, 1.807) is 24.3 Å². The molecule has 1 aromatic rings. The molecule has 0 radical (unpaired) electrons. The molecule has 1 aliphatic rings. The fraction of sp³-hybridized carbons (Fsp3) is 0.524. The highest BCUT2D eigenvalue weighted by Crippen LogP contribution is 2.19. The van der Waals surface area contributed by atoms with Crippen LogP contribution in [-0.4, -0.2) is 78.0 Å². The van der Waals surface area contributed by atoms with E-state index < -0.39 is 36.1 Å². The lowest BCUT2D eigenvalue weighted by Crippen LogP contribution is -2.43. The van der Waals surface area contributed by atoms with Gasteiger partial charge in [0.2, 0.25) is 0 Å². The number of carbonyl (C=O) groups excluding carboxylic acids is 2. The number of aliphatic imine (C=N–C) groups is 1. The van der Waals surface area contributed by atoms with E-state index in [4.69, 9.17) is 20.9 Å². The highest BCUT2D eigenvalue weighted by molar-refractivity contribution is 5.84. The molecule has 4 atom stereocenters. The number of hydrogen-bond acceptors (Lipinski definition) is 8. The number of hydrogen-bond donors (Lipinski definition) is 6. The fourth-order valence-corrected chi connectivity index (χ4v) is 3.43. The van der Waals surface area contributed by atoms with E-state index in [9.17, 15) is 24.6 Å². The summed E-state index contributed by atoms with van der Waals surface area (Å²) in [5.41, 5.74) is 11.4. The van der Waals surface area contributed by atoms with Gasteiger partial charge >= 0.3 is 11.9 Å². The van der Waals surface area contributed by atoms with Crippen molar-refractivity contribution in [3.63, 3.8) is 0 Å². The van der Waals surface area contributed by atoms with Crippen LogP contribution in [0.2, 0.25) is 0 Å². The van der Waals surface area contributed by atoms with Gasteiger partial charge < -0.3 is 41.8 Å². The first-order chi connectivity index (χ1) is 15.7. The van der Waals surface area contributed by atoms with E-state index in [1.165, 1.54) is 6.92 Å². The van der Waals surface area contributed by atoms with Gasteiger partial charge in [0.25, 0.3) is 5.91 Å². The largest absolute Gasteiger partial charge is 0.484 e. The fourth-order valence-electron chi connectivity index (χ4n) is 3.43. The minimum atomic E-state index is -1.16. The maximum atomic E-state index is 12.1. The maximum absolute atomic E-state index is 12.1. The molecule has 0 aliphatic carbocycles. The summed E-state index contributed by atoms with van der Waals surface area (Å²) in [7, 11) is 0. The first-order valence-electron chi connectivity index (χ1n) is 10.5. The summed E-state index contributed by atoms with van der Waals surface area (Å²) < 4.78 is 10.6. The standard InChI is InChI=1S/C21H31N5O7/c1-12(27)33-19-16(25-10-17(19)28)9-13-4-6-14(7-5-13)32-11-18(29)26-15(20(30)31)3-2-8-24-21(22)23/h4-7,15-17,19,25,28H,2-3,8-11H2,1H3,(H,26,29)(H,30,31)(H4,22,23,24)/t15-,16+,17-,19-/m0/s1. The van der Waals surface area contributed by atoms with Gasteiger partial charge in [0, 0.05) is 20.0 Å². The minimum Gasteiger partial charge on any atom is -0.484 e. The SMILES string of the molecule is CC(=O)O[C@@H]1[C@@H](O)CN[C@@H]1Cc1ccc(OCC(=O)N[C@@H](CCCN=C(N)N)C(=O)O)cc1. The molecule has 1 fully saturated rings. The Morgan fingerprint density at radius 1 is 1.27 bits per heavy atom. The Morgan fingerprint density at radius 2 is 1.97 bits per heavy atom. The number of aliphatic carboxylic acids is 1. The number of benzene rings is 1. The topological polar surface area (TPSA) is 199 Å². The summed E-state index contributed by atoms with van der Waals surface area (Å²) >= 11 is 0. The zero-order chi connectivity index (χ0) is 24.4. The first-order valence-corrected chi connectivity index (χ1v) is 10.5. The molecule has 1 saturated heterocycles. The van der Waals surface area contributed by atoms with Crippen molar-refractivity contribution in [1.82, 2.24) is 10.6 Å². The number of ether oxygens (including phenoxy) is 2. The Labute approximate surface area is 191 Å². The Hall–Kier alpha value is -3.38. The third-order valence-corrected chi connectivity index (χ3v) is 4.99. The molecular weight excluding hydrogens is 434 g/mol. The van der Waals surface area contributed by atoms with Crippen molar-refractivity contribution >= 4 is 23.8 Å². The quantitative estimate of drug-likeness (QED) is 0.0913. The number of esters is 1. The Balaban J connectivity index is 1.80. The normalized spacial score (nSPS) is 20.5. The maximum Gasteiger partial charge on any atom is 0.326 e. The average Bonchev–Trinajstić information content (AvgIpc) is 3.08. The van der Waals surface area contributed by atoms with E-state index in [1.807, 2.05) is 0 Å². The molecule has 12 heteroatoms. The van der Waals surface area contributed by atoms with Crippen LogP contribution < -0.4 is 26.8 Å². The zero-order valence-corrected chi connectivity index (χ0v) is 18.4. The molecule has 0 bridgehead atoms. The third kappa shape index (κ3) is 8.94. The molecule has 182 valence electrons. The number of carbonyl (C=O) groups is 3. The van der Waals surface area contributed by atoms with Crippen LogP contribution >= 0.6 is 0 Å². The summed E-state index contributed by atoms with van der Waals surface area (Å²) in [6.07, 6.45) is -0.298.